The number of hydrogen-bond donors (Lipinski definition) is 4. The van der Waals surface area contributed by atoms with Gasteiger partial charge in [-0.25, -0.2) is 8.78 Å². The number of carbonyl (C=O) groups excluding carboxylic acids is 1. The number of aliphatic hydroxyl groups is 1. The topological polar surface area (TPSA) is 100 Å². The number of nitrogens with one attached hydrogen (secondary N) is 2. The quantitative estimate of drug-likeness (QED) is 0.547. The summed E-state index contributed by atoms with van der Waals surface area (Å²) < 4.78 is 38.5. The fourth-order valence-corrected chi connectivity index (χ4v) is 3.25. The van der Waals surface area contributed by atoms with Crippen molar-refractivity contribution in [2.24, 2.45) is 0 Å². The molecule has 9 heteroatoms. The Kier molecular flexibility index (Phi) is 6.14. The second kappa shape index (κ2) is 8.45. The average Bonchev–Trinajstić information content (AvgIpc) is 2.68. The first-order chi connectivity index (χ1) is 14.1. The van der Waals surface area contributed by atoms with E-state index in [1.54, 1.807) is 13.8 Å². The third-order valence-electron chi connectivity index (χ3n) is 4.83. The van der Waals surface area contributed by atoms with Crippen LogP contribution in [0.25, 0.3) is 0 Å². The molecule has 2 atom stereocenters. The lowest BCUT2D eigenvalue weighted by molar-refractivity contribution is -0.128. The predicted molar refractivity (Wildman–Crippen MR) is 106 cm³/mol. The number of rotatable bonds is 7. The molecule has 1 heterocycles. The van der Waals surface area contributed by atoms with Crippen LogP contribution in [-0.4, -0.2) is 47.5 Å². The Labute approximate surface area is 172 Å². The van der Waals surface area contributed by atoms with Crippen molar-refractivity contribution in [3.05, 3.63) is 47.5 Å². The lowest BCUT2D eigenvalue weighted by atomic mass is 9.94. The summed E-state index contributed by atoms with van der Waals surface area (Å²) in [6, 6.07) is 6.31. The maximum atomic E-state index is 14.2. The Balaban J connectivity index is 1.63. The van der Waals surface area contributed by atoms with E-state index in [9.17, 15) is 23.8 Å². The van der Waals surface area contributed by atoms with Crippen LogP contribution in [0.3, 0.4) is 0 Å². The van der Waals surface area contributed by atoms with E-state index in [2.05, 4.69) is 10.6 Å². The standard InChI is InChI=1S/C21H24F2N2O5/c1-21(2,9-11-6-14(23)18(29-3)8-13(11)22)24-10-16(27)19-20(28)25-15-7-12(26)4-5-17(15)30-19/h4-8,16,19,24,26-27H,9-10H2,1-3H3,(H,25,28). The molecule has 0 aliphatic carbocycles. The Morgan fingerprint density at radius 3 is 2.70 bits per heavy atom. The smallest absolute Gasteiger partial charge is 0.268 e. The summed E-state index contributed by atoms with van der Waals surface area (Å²) in [5, 5.41) is 25.6. The van der Waals surface area contributed by atoms with E-state index in [1.807, 2.05) is 0 Å². The molecule has 162 valence electrons. The number of β-amino-alcohol motifs (C(OH)–C–C–N with tert-alkyl or cyclic N) is 1. The number of aliphatic hydroxyl groups excluding tert-OH is 1. The largest absolute Gasteiger partial charge is 0.508 e. The highest BCUT2D eigenvalue weighted by atomic mass is 19.1. The van der Waals surface area contributed by atoms with Gasteiger partial charge in [0.2, 0.25) is 6.10 Å². The summed E-state index contributed by atoms with van der Waals surface area (Å²) in [6.45, 7) is 3.50. The first-order valence-corrected chi connectivity index (χ1v) is 9.35. The van der Waals surface area contributed by atoms with Gasteiger partial charge in [-0.3, -0.25) is 4.79 Å². The van der Waals surface area contributed by atoms with Crippen LogP contribution in [-0.2, 0) is 11.2 Å². The molecule has 7 nitrogen and oxygen atoms in total. The fourth-order valence-electron chi connectivity index (χ4n) is 3.25. The molecule has 1 aliphatic rings. The first-order valence-electron chi connectivity index (χ1n) is 9.35. The van der Waals surface area contributed by atoms with Crippen LogP contribution in [0, 0.1) is 11.6 Å². The van der Waals surface area contributed by atoms with E-state index in [0.717, 1.165) is 12.1 Å². The van der Waals surface area contributed by atoms with Gasteiger partial charge in [-0.2, -0.15) is 0 Å². The van der Waals surface area contributed by atoms with Gasteiger partial charge in [-0.15, -0.1) is 0 Å². The van der Waals surface area contributed by atoms with Gasteiger partial charge in [0.15, 0.2) is 11.6 Å². The molecule has 4 N–H and O–H groups in total. The van der Waals surface area contributed by atoms with Gasteiger partial charge in [0.1, 0.15) is 23.4 Å². The number of phenols is 1. The summed E-state index contributed by atoms with van der Waals surface area (Å²) in [7, 11) is 1.26. The van der Waals surface area contributed by atoms with Crippen LogP contribution in [0.4, 0.5) is 14.5 Å². The van der Waals surface area contributed by atoms with Gasteiger partial charge in [-0.1, -0.05) is 0 Å². The number of amides is 1. The van der Waals surface area contributed by atoms with Crippen LogP contribution in [0.1, 0.15) is 19.4 Å². The Morgan fingerprint density at radius 2 is 2.00 bits per heavy atom. The van der Waals surface area contributed by atoms with Crippen molar-refractivity contribution in [1.82, 2.24) is 5.32 Å². The Bertz CT molecular complexity index is 951. The molecule has 1 aliphatic heterocycles. The van der Waals surface area contributed by atoms with E-state index in [-0.39, 0.29) is 30.0 Å². The highest BCUT2D eigenvalue weighted by Crippen LogP contribution is 2.33. The number of benzene rings is 2. The number of hydrogen-bond acceptors (Lipinski definition) is 6. The molecular formula is C21H24F2N2O5. The Morgan fingerprint density at radius 1 is 1.27 bits per heavy atom. The zero-order chi connectivity index (χ0) is 22.1. The number of anilines is 1. The van der Waals surface area contributed by atoms with Crippen LogP contribution in [0.2, 0.25) is 0 Å². The first kappa shape index (κ1) is 21.8. The molecule has 3 rings (SSSR count). The van der Waals surface area contributed by atoms with E-state index >= 15 is 0 Å². The second-order valence-corrected chi connectivity index (χ2v) is 7.80. The maximum absolute atomic E-state index is 14.2. The molecule has 2 aromatic rings. The number of fused-ring (bicyclic) bond motifs is 1. The maximum Gasteiger partial charge on any atom is 0.268 e. The zero-order valence-corrected chi connectivity index (χ0v) is 16.8. The lowest BCUT2D eigenvalue weighted by Crippen LogP contribution is -2.53. The minimum atomic E-state index is -1.20. The molecule has 30 heavy (non-hydrogen) atoms. The molecule has 2 unspecified atom stereocenters. The van der Waals surface area contributed by atoms with Crippen LogP contribution in [0.5, 0.6) is 17.2 Å². The van der Waals surface area contributed by atoms with Crippen molar-refractivity contribution in [3.63, 3.8) is 0 Å². The highest BCUT2D eigenvalue weighted by Gasteiger charge is 2.35. The van der Waals surface area contributed by atoms with Gasteiger partial charge < -0.3 is 30.3 Å². The van der Waals surface area contributed by atoms with Crippen molar-refractivity contribution >= 4 is 11.6 Å². The Hall–Kier alpha value is -2.91. The lowest BCUT2D eigenvalue weighted by Gasteiger charge is -2.32. The molecule has 0 aromatic heterocycles. The van der Waals surface area contributed by atoms with Gasteiger partial charge in [0, 0.05) is 24.2 Å². The average molecular weight is 422 g/mol. The zero-order valence-electron chi connectivity index (χ0n) is 16.8. The summed E-state index contributed by atoms with van der Waals surface area (Å²) in [5.41, 5.74) is -0.257. The molecule has 0 saturated carbocycles. The van der Waals surface area contributed by atoms with Gasteiger partial charge >= 0.3 is 0 Å². The minimum Gasteiger partial charge on any atom is -0.508 e. The van der Waals surface area contributed by atoms with Crippen molar-refractivity contribution in [2.75, 3.05) is 19.0 Å². The normalized spacial score (nSPS) is 17.0. The van der Waals surface area contributed by atoms with E-state index < -0.39 is 35.3 Å². The molecule has 0 radical (unpaired) electrons. The van der Waals surface area contributed by atoms with Crippen molar-refractivity contribution in [2.45, 2.75) is 38.0 Å². The van der Waals surface area contributed by atoms with Gasteiger partial charge in [-0.05, 0) is 44.0 Å². The number of phenolic OH excluding ortho intramolecular Hbond substituents is 1. The summed E-state index contributed by atoms with van der Waals surface area (Å²) in [5.74, 6) is -1.69. The molecule has 2 aromatic carbocycles. The number of aromatic hydroxyl groups is 1. The van der Waals surface area contributed by atoms with Gasteiger partial charge in [0.05, 0.1) is 12.8 Å². The molecule has 0 saturated heterocycles. The number of ether oxygens (including phenoxy) is 2. The molecule has 0 fully saturated rings. The SMILES string of the molecule is COc1cc(F)c(CC(C)(C)NCC(O)C2Oc3ccc(O)cc3NC2=O)cc1F. The summed E-state index contributed by atoms with van der Waals surface area (Å²) in [4.78, 5) is 12.3. The third kappa shape index (κ3) is 4.80. The van der Waals surface area contributed by atoms with Gasteiger partial charge in [0.25, 0.3) is 5.91 Å². The van der Waals surface area contributed by atoms with Crippen molar-refractivity contribution < 1.29 is 33.3 Å². The molecular weight excluding hydrogens is 398 g/mol. The van der Waals surface area contributed by atoms with E-state index in [1.165, 1.54) is 25.3 Å². The van der Waals surface area contributed by atoms with Crippen molar-refractivity contribution in [1.29, 1.82) is 0 Å². The minimum absolute atomic E-state index is 0.0257. The number of methoxy groups -OCH3 is 1. The highest BCUT2D eigenvalue weighted by molar-refractivity contribution is 5.98. The fraction of sp³-hybridized carbons (Fsp3) is 0.381. The third-order valence-corrected chi connectivity index (χ3v) is 4.83. The van der Waals surface area contributed by atoms with Crippen LogP contribution < -0.4 is 20.1 Å². The predicted octanol–water partition coefficient (Wildman–Crippen LogP) is 2.35. The van der Waals surface area contributed by atoms with Crippen LogP contribution in [0.15, 0.2) is 30.3 Å². The second-order valence-electron chi connectivity index (χ2n) is 7.80. The number of carbonyl (C=O) groups is 1. The number of halogens is 2. The molecule has 1 amide bonds. The summed E-state index contributed by atoms with van der Waals surface area (Å²) in [6.07, 6.45) is -2.24. The van der Waals surface area contributed by atoms with E-state index in [4.69, 9.17) is 9.47 Å². The van der Waals surface area contributed by atoms with Crippen LogP contribution >= 0.6 is 0 Å². The van der Waals surface area contributed by atoms with Crippen molar-refractivity contribution in [3.8, 4) is 17.2 Å². The van der Waals surface area contributed by atoms with E-state index in [0.29, 0.717) is 11.4 Å². The monoisotopic (exact) mass is 422 g/mol. The summed E-state index contributed by atoms with van der Waals surface area (Å²) >= 11 is 0. The molecule has 0 bridgehead atoms. The molecule has 0 spiro atoms.